The Morgan fingerprint density at radius 1 is 1.45 bits per heavy atom. The summed E-state index contributed by atoms with van der Waals surface area (Å²) in [5.74, 6) is 0.860. The molecule has 0 N–H and O–H groups in total. The van der Waals surface area contributed by atoms with Crippen molar-refractivity contribution in [2.75, 3.05) is 7.11 Å². The Kier molecular flexibility index (Phi) is 1.42. The van der Waals surface area contributed by atoms with E-state index < -0.39 is 0 Å². The summed E-state index contributed by atoms with van der Waals surface area (Å²) in [6.45, 7) is 0. The van der Waals surface area contributed by atoms with Gasteiger partial charge in [-0.05, 0) is 0 Å². The van der Waals surface area contributed by atoms with Crippen LogP contribution >= 0.6 is 0 Å². The Labute approximate surface area is 65.0 Å². The van der Waals surface area contributed by atoms with Crippen molar-refractivity contribution in [3.05, 3.63) is 24.5 Å². The van der Waals surface area contributed by atoms with Gasteiger partial charge in [0, 0.05) is 0 Å². The van der Waals surface area contributed by atoms with Crippen LogP contribution in [0.1, 0.15) is 0 Å². The normalized spacial score (nSPS) is 9.91. The molecule has 0 bridgehead atoms. The maximum absolute atomic E-state index is 5.05. The summed E-state index contributed by atoms with van der Waals surface area (Å²) >= 11 is 0. The summed E-state index contributed by atoms with van der Waals surface area (Å²) in [5.41, 5.74) is 0. The van der Waals surface area contributed by atoms with Crippen LogP contribution in [-0.4, -0.2) is 14.2 Å². The molecule has 0 saturated carbocycles. The van der Waals surface area contributed by atoms with E-state index in [0.29, 0.717) is 0 Å². The van der Waals surface area contributed by atoms with Crippen LogP contribution in [0.2, 0.25) is 0 Å². The number of rotatable bonds is 1. The standard InChI is InChI=1S/C8H7BO2/c1-10-7-2-3-8-6(4-7)5-11-9-8/h2-5H,1H3. The topological polar surface area (TPSA) is 22.4 Å². The third kappa shape index (κ3) is 1.02. The first-order chi connectivity index (χ1) is 5.40. The van der Waals surface area contributed by atoms with Crippen molar-refractivity contribution in [2.24, 2.45) is 0 Å². The van der Waals surface area contributed by atoms with Crippen LogP contribution < -0.4 is 4.74 Å². The van der Waals surface area contributed by atoms with Gasteiger partial charge in [0.15, 0.2) is 0 Å². The van der Waals surface area contributed by atoms with Gasteiger partial charge in [-0.3, -0.25) is 0 Å². The zero-order valence-electron chi connectivity index (χ0n) is 6.20. The molecule has 1 heterocycles. The minimum absolute atomic E-state index is 0.860. The van der Waals surface area contributed by atoms with Gasteiger partial charge in [0.2, 0.25) is 0 Å². The molecule has 0 amide bonds. The second-order valence-corrected chi connectivity index (χ2v) is 2.37. The van der Waals surface area contributed by atoms with Gasteiger partial charge < -0.3 is 0 Å². The molecular formula is C8H7BO2. The molecule has 0 saturated heterocycles. The first kappa shape index (κ1) is 6.46. The monoisotopic (exact) mass is 146 g/mol. The average Bonchev–Trinajstić information content (AvgIpc) is 2.50. The molecule has 1 aromatic heterocycles. The first-order valence-corrected chi connectivity index (χ1v) is 3.40. The van der Waals surface area contributed by atoms with Crippen molar-refractivity contribution in [2.45, 2.75) is 0 Å². The summed E-state index contributed by atoms with van der Waals surface area (Å²) in [4.78, 5) is 0. The molecule has 54 valence electrons. The van der Waals surface area contributed by atoms with E-state index in [4.69, 9.17) is 9.07 Å². The summed E-state index contributed by atoms with van der Waals surface area (Å²) in [6.07, 6.45) is 1.71. The Bertz CT molecular complexity index is 367. The van der Waals surface area contributed by atoms with Crippen molar-refractivity contribution in [1.82, 2.24) is 0 Å². The van der Waals surface area contributed by atoms with Gasteiger partial charge in [-0.2, -0.15) is 0 Å². The van der Waals surface area contributed by atoms with Crippen LogP contribution in [-0.2, 0) is 0 Å². The van der Waals surface area contributed by atoms with Crippen LogP contribution in [0.4, 0.5) is 0 Å². The van der Waals surface area contributed by atoms with E-state index >= 15 is 0 Å². The van der Waals surface area contributed by atoms with Gasteiger partial charge in [0.1, 0.15) is 0 Å². The van der Waals surface area contributed by atoms with Crippen molar-refractivity contribution in [3.63, 3.8) is 0 Å². The van der Waals surface area contributed by atoms with E-state index in [-0.39, 0.29) is 0 Å². The van der Waals surface area contributed by atoms with E-state index in [2.05, 4.69) is 0 Å². The molecule has 2 rings (SSSR count). The SMILES string of the molecule is COc1ccc2bocc2c1. The molecule has 2 nitrogen and oxygen atoms in total. The fraction of sp³-hybridized carbons (Fsp3) is 0.125. The van der Waals surface area contributed by atoms with E-state index in [1.807, 2.05) is 18.2 Å². The third-order valence-corrected chi connectivity index (χ3v) is 1.68. The van der Waals surface area contributed by atoms with E-state index in [1.165, 1.54) is 0 Å². The van der Waals surface area contributed by atoms with E-state index in [9.17, 15) is 0 Å². The molecule has 0 radical (unpaired) electrons. The molecule has 1 aromatic carbocycles. The summed E-state index contributed by atoms with van der Waals surface area (Å²) in [5, 5.41) is 2.18. The number of hydrogen-bond acceptors (Lipinski definition) is 2. The van der Waals surface area contributed by atoms with Crippen LogP contribution in [0.25, 0.3) is 10.7 Å². The molecule has 0 spiro atoms. The minimum atomic E-state index is 0.860. The van der Waals surface area contributed by atoms with Crippen molar-refractivity contribution in [1.29, 1.82) is 0 Å². The Morgan fingerprint density at radius 2 is 2.36 bits per heavy atom. The van der Waals surface area contributed by atoms with Gasteiger partial charge in [0.25, 0.3) is 0 Å². The first-order valence-electron chi connectivity index (χ1n) is 3.40. The number of methoxy groups -OCH3 is 1. The molecular weight excluding hydrogens is 139 g/mol. The summed E-state index contributed by atoms with van der Waals surface area (Å²) in [6, 6.07) is 5.83. The zero-order valence-corrected chi connectivity index (χ0v) is 6.20. The van der Waals surface area contributed by atoms with Crippen LogP contribution in [0.5, 0.6) is 5.75 Å². The molecule has 2 aromatic rings. The number of hydrogen-bond donors (Lipinski definition) is 0. The molecule has 11 heavy (non-hydrogen) atoms. The fourth-order valence-electron chi connectivity index (χ4n) is 1.07. The summed E-state index contributed by atoms with van der Waals surface area (Å²) < 4.78 is 10.1. The van der Waals surface area contributed by atoms with Crippen molar-refractivity contribution >= 4 is 17.8 Å². The quantitative estimate of drug-likeness (QED) is 0.611. The molecule has 0 aliphatic rings. The van der Waals surface area contributed by atoms with Crippen LogP contribution in [0, 0.1) is 0 Å². The molecule has 0 aliphatic heterocycles. The number of fused-ring (bicyclic) bond motifs is 1. The maximum atomic E-state index is 5.05. The van der Waals surface area contributed by atoms with E-state index in [1.54, 1.807) is 20.5 Å². The van der Waals surface area contributed by atoms with Gasteiger partial charge in [-0.25, -0.2) is 0 Å². The Morgan fingerprint density at radius 3 is 3.18 bits per heavy atom. The second-order valence-electron chi connectivity index (χ2n) is 2.37. The molecule has 0 fully saturated rings. The molecule has 0 atom stereocenters. The fourth-order valence-corrected chi connectivity index (χ4v) is 1.07. The molecule has 0 aliphatic carbocycles. The van der Waals surface area contributed by atoms with E-state index in [0.717, 1.165) is 16.4 Å². The predicted octanol–water partition coefficient (Wildman–Crippen LogP) is 1.78. The third-order valence-electron chi connectivity index (χ3n) is 1.68. The van der Waals surface area contributed by atoms with Crippen LogP contribution in [0.15, 0.2) is 28.8 Å². The predicted molar refractivity (Wildman–Crippen MR) is 44.1 cm³/mol. The van der Waals surface area contributed by atoms with Gasteiger partial charge in [0.05, 0.1) is 0 Å². The van der Waals surface area contributed by atoms with Gasteiger partial charge >= 0.3 is 64.2 Å². The number of ether oxygens (including phenoxy) is 1. The van der Waals surface area contributed by atoms with Gasteiger partial charge in [-0.1, -0.05) is 0 Å². The number of benzene rings is 1. The zero-order chi connectivity index (χ0) is 7.68. The summed E-state index contributed by atoms with van der Waals surface area (Å²) in [7, 11) is 3.37. The van der Waals surface area contributed by atoms with Crippen LogP contribution in [0.3, 0.4) is 0 Å². The average molecular weight is 146 g/mol. The van der Waals surface area contributed by atoms with Crippen molar-refractivity contribution < 1.29 is 9.07 Å². The molecule has 0 unspecified atom stereocenters. The van der Waals surface area contributed by atoms with Crippen molar-refractivity contribution in [3.8, 4) is 5.75 Å². The Balaban J connectivity index is 2.67. The Hall–Kier alpha value is -1.25. The second kappa shape index (κ2) is 2.42. The molecule has 3 heteroatoms. The van der Waals surface area contributed by atoms with Gasteiger partial charge in [-0.15, -0.1) is 0 Å².